The van der Waals surface area contributed by atoms with E-state index in [0.29, 0.717) is 24.0 Å². The number of likely N-dealkylation sites (tertiary alicyclic amines) is 1. The van der Waals surface area contributed by atoms with Crippen molar-refractivity contribution in [3.63, 3.8) is 0 Å². The second-order valence-corrected chi connectivity index (χ2v) is 7.89. The lowest BCUT2D eigenvalue weighted by atomic mass is 9.98. The van der Waals surface area contributed by atoms with Crippen LogP contribution in [0.15, 0.2) is 24.3 Å². The molecule has 4 rings (SSSR count). The molecule has 3 aromatic rings. The summed E-state index contributed by atoms with van der Waals surface area (Å²) in [6.45, 7) is 5.97. The van der Waals surface area contributed by atoms with Gasteiger partial charge in [-0.3, -0.25) is 15.0 Å². The highest BCUT2D eigenvalue weighted by atomic mass is 32.1. The van der Waals surface area contributed by atoms with E-state index in [9.17, 15) is 10.1 Å². The number of piperidine rings is 1. The highest BCUT2D eigenvalue weighted by Crippen LogP contribution is 2.34. The molecule has 3 heterocycles. The first-order valence-electron chi connectivity index (χ1n) is 8.79. The third-order valence-corrected chi connectivity index (χ3v) is 6.31. The molecule has 0 N–H and O–H groups in total. The van der Waals surface area contributed by atoms with E-state index in [1.807, 2.05) is 6.07 Å². The van der Waals surface area contributed by atoms with Crippen LogP contribution in [0.2, 0.25) is 0 Å². The van der Waals surface area contributed by atoms with Crippen molar-refractivity contribution in [2.75, 3.05) is 13.1 Å². The van der Waals surface area contributed by atoms with Gasteiger partial charge < -0.3 is 0 Å². The molecule has 26 heavy (non-hydrogen) atoms. The van der Waals surface area contributed by atoms with Crippen molar-refractivity contribution in [1.29, 1.82) is 0 Å². The van der Waals surface area contributed by atoms with E-state index in [4.69, 9.17) is 4.98 Å². The van der Waals surface area contributed by atoms with Crippen LogP contribution >= 0.6 is 11.3 Å². The minimum Gasteiger partial charge on any atom is -0.284 e. The molecule has 1 aliphatic heterocycles. The molecule has 0 atom stereocenters. The Balaban J connectivity index is 1.42. The van der Waals surface area contributed by atoms with Crippen molar-refractivity contribution in [1.82, 2.24) is 19.7 Å². The van der Waals surface area contributed by atoms with Gasteiger partial charge in [0.2, 0.25) is 0 Å². The van der Waals surface area contributed by atoms with E-state index >= 15 is 0 Å². The Kier molecular flexibility index (Phi) is 4.46. The summed E-state index contributed by atoms with van der Waals surface area (Å²) in [4.78, 5) is 17.9. The van der Waals surface area contributed by atoms with Crippen molar-refractivity contribution in [2.45, 2.75) is 39.3 Å². The lowest BCUT2D eigenvalue weighted by Gasteiger charge is -2.31. The van der Waals surface area contributed by atoms with Crippen LogP contribution in [0.1, 0.15) is 35.2 Å². The van der Waals surface area contributed by atoms with Gasteiger partial charge in [0.25, 0.3) is 0 Å². The molecule has 0 aliphatic carbocycles. The van der Waals surface area contributed by atoms with Crippen LogP contribution < -0.4 is 0 Å². The number of benzene rings is 1. The lowest BCUT2D eigenvalue weighted by molar-refractivity contribution is -0.386. The second-order valence-electron chi connectivity index (χ2n) is 6.83. The van der Waals surface area contributed by atoms with Gasteiger partial charge in [-0.15, -0.1) is 11.3 Å². The summed E-state index contributed by atoms with van der Waals surface area (Å²) in [6, 6.07) is 8.28. The summed E-state index contributed by atoms with van der Waals surface area (Å²) in [7, 11) is 0. The molecule has 1 saturated heterocycles. The Bertz CT molecular complexity index is 923. The minimum absolute atomic E-state index is 0.134. The summed E-state index contributed by atoms with van der Waals surface area (Å²) >= 11 is 1.80. The van der Waals surface area contributed by atoms with E-state index in [1.54, 1.807) is 29.9 Å². The molecular weight excluding hydrogens is 350 g/mol. The highest BCUT2D eigenvalue weighted by Gasteiger charge is 2.26. The molecule has 0 unspecified atom stereocenters. The lowest BCUT2D eigenvalue weighted by Crippen LogP contribution is -2.35. The van der Waals surface area contributed by atoms with Crippen LogP contribution in [-0.2, 0) is 6.67 Å². The average molecular weight is 371 g/mol. The van der Waals surface area contributed by atoms with Crippen molar-refractivity contribution in [3.05, 3.63) is 50.8 Å². The van der Waals surface area contributed by atoms with Crippen molar-refractivity contribution in [2.24, 2.45) is 0 Å². The van der Waals surface area contributed by atoms with Gasteiger partial charge in [-0.25, -0.2) is 9.67 Å². The number of hydrogen-bond donors (Lipinski definition) is 0. The third kappa shape index (κ3) is 3.10. The van der Waals surface area contributed by atoms with E-state index in [-0.39, 0.29) is 10.6 Å². The molecular formula is C18H21N5O2S. The maximum Gasteiger partial charge on any atom is 0.312 e. The number of nitrogens with zero attached hydrogens (tertiary/aromatic N) is 5. The SMILES string of the molecule is Cc1nn(CN2CCC(c3nc4ccccc4s3)CC2)c(C)c1[N+](=O)[O-]. The number of aromatic nitrogens is 3. The molecule has 0 bridgehead atoms. The van der Waals surface area contributed by atoms with E-state index in [0.717, 1.165) is 31.4 Å². The first-order valence-corrected chi connectivity index (χ1v) is 9.61. The Labute approximate surface area is 155 Å². The van der Waals surface area contributed by atoms with Gasteiger partial charge >= 0.3 is 5.69 Å². The zero-order chi connectivity index (χ0) is 18.3. The van der Waals surface area contributed by atoms with Gasteiger partial charge in [0.1, 0.15) is 11.4 Å². The largest absolute Gasteiger partial charge is 0.312 e. The summed E-state index contributed by atoms with van der Waals surface area (Å²) in [6.07, 6.45) is 2.11. The van der Waals surface area contributed by atoms with Crippen LogP contribution in [0.25, 0.3) is 10.2 Å². The number of aryl methyl sites for hydroxylation is 1. The minimum atomic E-state index is -0.340. The first-order chi connectivity index (χ1) is 12.5. The van der Waals surface area contributed by atoms with E-state index < -0.39 is 0 Å². The molecule has 8 heteroatoms. The second kappa shape index (κ2) is 6.77. The van der Waals surface area contributed by atoms with Crippen LogP contribution in [0.4, 0.5) is 5.69 Å². The quantitative estimate of drug-likeness (QED) is 0.514. The van der Waals surface area contributed by atoms with Crippen LogP contribution in [-0.4, -0.2) is 37.7 Å². The Hall–Kier alpha value is -2.32. The molecule has 0 saturated carbocycles. The normalized spacial score (nSPS) is 16.4. The van der Waals surface area contributed by atoms with Gasteiger partial charge in [-0.1, -0.05) is 12.1 Å². The summed E-state index contributed by atoms with van der Waals surface area (Å²) in [5.41, 5.74) is 2.33. The Morgan fingerprint density at radius 1 is 1.27 bits per heavy atom. The fraction of sp³-hybridized carbons (Fsp3) is 0.444. The highest BCUT2D eigenvalue weighted by molar-refractivity contribution is 7.18. The monoisotopic (exact) mass is 371 g/mol. The number of thiazole rings is 1. The van der Waals surface area contributed by atoms with Gasteiger partial charge in [-0.2, -0.15) is 5.10 Å². The van der Waals surface area contributed by atoms with Crippen LogP contribution in [0, 0.1) is 24.0 Å². The summed E-state index contributed by atoms with van der Waals surface area (Å²) in [5.74, 6) is 0.499. The molecule has 1 aromatic carbocycles. The smallest absolute Gasteiger partial charge is 0.284 e. The Morgan fingerprint density at radius 3 is 2.65 bits per heavy atom. The fourth-order valence-electron chi connectivity index (χ4n) is 3.66. The predicted octanol–water partition coefficient (Wildman–Crippen LogP) is 3.85. The zero-order valence-electron chi connectivity index (χ0n) is 14.9. The van der Waals surface area contributed by atoms with E-state index in [1.165, 1.54) is 9.71 Å². The molecule has 0 spiro atoms. The molecule has 2 aromatic heterocycles. The number of rotatable bonds is 4. The van der Waals surface area contributed by atoms with Crippen molar-refractivity contribution in [3.8, 4) is 0 Å². The van der Waals surface area contributed by atoms with Gasteiger partial charge in [0.05, 0.1) is 26.8 Å². The first kappa shape index (κ1) is 17.1. The molecule has 7 nitrogen and oxygen atoms in total. The summed E-state index contributed by atoms with van der Waals surface area (Å²) in [5, 5.41) is 16.7. The fourth-order valence-corrected chi connectivity index (χ4v) is 4.80. The molecule has 0 radical (unpaired) electrons. The molecule has 136 valence electrons. The number of fused-ring (bicyclic) bond motifs is 1. The Morgan fingerprint density at radius 2 is 2.00 bits per heavy atom. The standard InChI is InChI=1S/C18H21N5O2S/c1-12-17(23(24)25)13(2)22(20-12)11-21-9-7-14(8-10-21)18-19-15-5-3-4-6-16(15)26-18/h3-6,14H,7-11H2,1-2H3. The molecule has 0 amide bonds. The van der Waals surface area contributed by atoms with Crippen LogP contribution in [0.5, 0.6) is 0 Å². The summed E-state index contributed by atoms with van der Waals surface area (Å²) < 4.78 is 3.01. The maximum atomic E-state index is 11.2. The average Bonchev–Trinajstić information content (AvgIpc) is 3.16. The van der Waals surface area contributed by atoms with Gasteiger partial charge in [0.15, 0.2) is 0 Å². The van der Waals surface area contributed by atoms with Gasteiger partial charge in [-0.05, 0) is 38.8 Å². The zero-order valence-corrected chi connectivity index (χ0v) is 15.7. The topological polar surface area (TPSA) is 77.1 Å². The van der Waals surface area contributed by atoms with Crippen molar-refractivity contribution >= 4 is 27.2 Å². The maximum absolute atomic E-state index is 11.2. The van der Waals surface area contributed by atoms with Crippen molar-refractivity contribution < 1.29 is 4.92 Å². The third-order valence-electron chi connectivity index (χ3n) is 5.11. The number of para-hydroxylation sites is 1. The van der Waals surface area contributed by atoms with Crippen LogP contribution in [0.3, 0.4) is 0 Å². The van der Waals surface area contributed by atoms with E-state index in [2.05, 4.69) is 28.2 Å². The number of nitro groups is 1. The predicted molar refractivity (Wildman–Crippen MR) is 102 cm³/mol. The number of hydrogen-bond acceptors (Lipinski definition) is 6. The molecule has 1 fully saturated rings. The molecule has 1 aliphatic rings. The van der Waals surface area contributed by atoms with Gasteiger partial charge in [0, 0.05) is 19.0 Å².